The second-order valence-electron chi connectivity index (χ2n) is 4.83. The summed E-state index contributed by atoms with van der Waals surface area (Å²) in [5.41, 5.74) is 1.33. The Labute approximate surface area is 121 Å². The van der Waals surface area contributed by atoms with Crippen molar-refractivity contribution in [2.45, 2.75) is 6.54 Å². The normalized spacial score (nSPS) is 10.8. The van der Waals surface area contributed by atoms with Crippen LogP contribution in [0.3, 0.4) is 0 Å². The third-order valence-electron chi connectivity index (χ3n) is 3.26. The Balaban J connectivity index is 1.89. The molecule has 1 amide bonds. The molecule has 0 fully saturated rings. The predicted molar refractivity (Wildman–Crippen MR) is 78.3 cm³/mol. The smallest absolute Gasteiger partial charge is 0.256 e. The van der Waals surface area contributed by atoms with Gasteiger partial charge in [0.15, 0.2) is 0 Å². The molecule has 4 nitrogen and oxygen atoms in total. The number of amides is 1. The molecule has 1 N–H and O–H groups in total. The van der Waals surface area contributed by atoms with Gasteiger partial charge in [-0.25, -0.2) is 4.39 Å². The highest BCUT2D eigenvalue weighted by atomic mass is 19.1. The van der Waals surface area contributed by atoms with Crippen molar-refractivity contribution in [3.63, 3.8) is 0 Å². The quantitative estimate of drug-likeness (QED) is 0.803. The van der Waals surface area contributed by atoms with Crippen molar-refractivity contribution in [1.82, 2.24) is 15.1 Å². The summed E-state index contributed by atoms with van der Waals surface area (Å²) in [6.45, 7) is 0.350. The number of nitrogens with zero attached hydrogens (tertiary/aromatic N) is 2. The number of fused-ring (bicyclic) bond motifs is 1. The van der Waals surface area contributed by atoms with Crippen LogP contribution in [0.5, 0.6) is 0 Å². The zero-order valence-electron chi connectivity index (χ0n) is 11.5. The number of halogens is 1. The van der Waals surface area contributed by atoms with Gasteiger partial charge in [0, 0.05) is 25.2 Å². The van der Waals surface area contributed by atoms with Gasteiger partial charge in [-0.15, -0.1) is 0 Å². The van der Waals surface area contributed by atoms with Gasteiger partial charge in [-0.1, -0.05) is 30.3 Å². The standard InChI is InChI=1S/C16H14FN3O/c1-20-10-12-7-8-13(17)14(15(12)19-20)16(21)18-9-11-5-3-2-4-6-11/h2-8,10H,9H2,1H3,(H,18,21). The molecule has 0 saturated heterocycles. The summed E-state index contributed by atoms with van der Waals surface area (Å²) in [7, 11) is 1.74. The summed E-state index contributed by atoms with van der Waals surface area (Å²) >= 11 is 0. The lowest BCUT2D eigenvalue weighted by atomic mass is 10.1. The van der Waals surface area contributed by atoms with Crippen LogP contribution in [0.4, 0.5) is 4.39 Å². The molecule has 0 aliphatic heterocycles. The minimum atomic E-state index is -0.563. The molecule has 3 rings (SSSR count). The van der Waals surface area contributed by atoms with Gasteiger partial charge < -0.3 is 5.32 Å². The molecule has 0 atom stereocenters. The monoisotopic (exact) mass is 283 g/mol. The van der Waals surface area contributed by atoms with Gasteiger partial charge in [0.2, 0.25) is 0 Å². The summed E-state index contributed by atoms with van der Waals surface area (Å²) in [5, 5.41) is 7.63. The van der Waals surface area contributed by atoms with E-state index in [1.54, 1.807) is 24.0 Å². The lowest BCUT2D eigenvalue weighted by Gasteiger charge is -2.07. The van der Waals surface area contributed by atoms with Crippen molar-refractivity contribution in [2.24, 2.45) is 7.05 Å². The number of nitrogens with one attached hydrogen (secondary N) is 1. The van der Waals surface area contributed by atoms with Gasteiger partial charge in [0.1, 0.15) is 16.9 Å². The van der Waals surface area contributed by atoms with Crippen LogP contribution in [-0.2, 0) is 13.6 Å². The van der Waals surface area contributed by atoms with Crippen LogP contribution in [0, 0.1) is 5.82 Å². The maximum atomic E-state index is 14.0. The summed E-state index contributed by atoms with van der Waals surface area (Å²) < 4.78 is 15.6. The van der Waals surface area contributed by atoms with E-state index in [0.29, 0.717) is 12.1 Å². The number of hydrogen-bond acceptors (Lipinski definition) is 2. The number of rotatable bonds is 3. The molecule has 1 aromatic heterocycles. The van der Waals surface area contributed by atoms with Crippen molar-refractivity contribution < 1.29 is 9.18 Å². The minimum Gasteiger partial charge on any atom is -0.348 e. The third-order valence-corrected chi connectivity index (χ3v) is 3.26. The fraction of sp³-hybridized carbons (Fsp3) is 0.125. The molecule has 0 aliphatic rings. The van der Waals surface area contributed by atoms with Crippen molar-refractivity contribution in [3.8, 4) is 0 Å². The molecule has 5 heteroatoms. The lowest BCUT2D eigenvalue weighted by molar-refractivity contribution is 0.0948. The molecule has 0 spiro atoms. The molecular weight excluding hydrogens is 269 g/mol. The van der Waals surface area contributed by atoms with Gasteiger partial charge in [-0.3, -0.25) is 9.48 Å². The Kier molecular flexibility index (Phi) is 3.39. The van der Waals surface area contributed by atoms with Crippen LogP contribution in [0.1, 0.15) is 15.9 Å². The van der Waals surface area contributed by atoms with E-state index in [2.05, 4.69) is 10.4 Å². The molecule has 0 unspecified atom stereocenters. The number of carbonyl (C=O) groups excluding carboxylic acids is 1. The topological polar surface area (TPSA) is 46.9 Å². The summed E-state index contributed by atoms with van der Waals surface area (Å²) in [4.78, 5) is 12.3. The van der Waals surface area contributed by atoms with Gasteiger partial charge in [0.25, 0.3) is 5.91 Å². The molecular formula is C16H14FN3O. The number of hydrogen-bond donors (Lipinski definition) is 1. The fourth-order valence-corrected chi connectivity index (χ4v) is 2.27. The largest absolute Gasteiger partial charge is 0.348 e. The molecule has 0 saturated carbocycles. The van der Waals surface area contributed by atoms with Crippen LogP contribution in [0.2, 0.25) is 0 Å². The van der Waals surface area contributed by atoms with Crippen LogP contribution >= 0.6 is 0 Å². The van der Waals surface area contributed by atoms with Crippen LogP contribution in [-0.4, -0.2) is 15.7 Å². The zero-order chi connectivity index (χ0) is 14.8. The first-order valence-electron chi connectivity index (χ1n) is 6.59. The first-order valence-corrected chi connectivity index (χ1v) is 6.59. The Morgan fingerprint density at radius 3 is 2.76 bits per heavy atom. The van der Waals surface area contributed by atoms with Gasteiger partial charge in [-0.2, -0.15) is 5.10 Å². The van der Waals surface area contributed by atoms with Crippen molar-refractivity contribution in [3.05, 3.63) is 65.6 Å². The molecule has 3 aromatic rings. The first-order chi connectivity index (χ1) is 10.1. The Morgan fingerprint density at radius 1 is 1.24 bits per heavy atom. The fourth-order valence-electron chi connectivity index (χ4n) is 2.27. The SMILES string of the molecule is Cn1cc2ccc(F)c(C(=O)NCc3ccccc3)c2n1. The summed E-state index contributed by atoms with van der Waals surface area (Å²) in [6, 6.07) is 12.4. The van der Waals surface area contributed by atoms with E-state index < -0.39 is 11.7 Å². The first kappa shape index (κ1) is 13.3. The van der Waals surface area contributed by atoms with E-state index in [-0.39, 0.29) is 5.56 Å². The number of carbonyl (C=O) groups is 1. The predicted octanol–water partition coefficient (Wildman–Crippen LogP) is 2.64. The van der Waals surface area contributed by atoms with Gasteiger partial charge in [0.05, 0.1) is 0 Å². The van der Waals surface area contributed by atoms with E-state index in [4.69, 9.17) is 0 Å². The Morgan fingerprint density at radius 2 is 2.00 bits per heavy atom. The molecule has 0 aliphatic carbocycles. The molecule has 2 aromatic carbocycles. The second kappa shape index (κ2) is 5.36. The zero-order valence-corrected chi connectivity index (χ0v) is 11.5. The van der Waals surface area contributed by atoms with E-state index >= 15 is 0 Å². The van der Waals surface area contributed by atoms with Gasteiger partial charge >= 0.3 is 0 Å². The molecule has 21 heavy (non-hydrogen) atoms. The van der Waals surface area contributed by atoms with E-state index in [0.717, 1.165) is 10.9 Å². The number of benzene rings is 2. The highest BCUT2D eigenvalue weighted by Crippen LogP contribution is 2.20. The molecule has 106 valence electrons. The van der Waals surface area contributed by atoms with Crippen LogP contribution in [0.25, 0.3) is 10.9 Å². The molecule has 1 heterocycles. The third kappa shape index (κ3) is 2.63. The minimum absolute atomic E-state index is 0.0102. The maximum Gasteiger partial charge on any atom is 0.256 e. The molecule has 0 radical (unpaired) electrons. The van der Waals surface area contributed by atoms with Gasteiger partial charge in [-0.05, 0) is 17.7 Å². The Hall–Kier alpha value is -2.69. The lowest BCUT2D eigenvalue weighted by Crippen LogP contribution is -2.24. The van der Waals surface area contributed by atoms with Crippen molar-refractivity contribution in [2.75, 3.05) is 0 Å². The van der Waals surface area contributed by atoms with Crippen molar-refractivity contribution >= 4 is 16.8 Å². The number of aryl methyl sites for hydroxylation is 1. The number of aromatic nitrogens is 2. The van der Waals surface area contributed by atoms with Crippen LogP contribution < -0.4 is 5.32 Å². The maximum absolute atomic E-state index is 14.0. The van der Waals surface area contributed by atoms with Crippen molar-refractivity contribution in [1.29, 1.82) is 0 Å². The van der Waals surface area contributed by atoms with E-state index in [1.165, 1.54) is 6.07 Å². The average molecular weight is 283 g/mol. The van der Waals surface area contributed by atoms with E-state index in [1.807, 2.05) is 30.3 Å². The second-order valence-corrected chi connectivity index (χ2v) is 4.83. The Bertz CT molecular complexity index is 796. The summed E-state index contributed by atoms with van der Waals surface area (Å²) in [6.07, 6.45) is 1.75. The van der Waals surface area contributed by atoms with E-state index in [9.17, 15) is 9.18 Å². The highest BCUT2D eigenvalue weighted by Gasteiger charge is 2.17. The highest BCUT2D eigenvalue weighted by molar-refractivity contribution is 6.05. The summed E-state index contributed by atoms with van der Waals surface area (Å²) in [5.74, 6) is -1.02. The molecule has 0 bridgehead atoms. The average Bonchev–Trinajstić information content (AvgIpc) is 2.86. The van der Waals surface area contributed by atoms with Crippen LogP contribution in [0.15, 0.2) is 48.7 Å².